The lowest BCUT2D eigenvalue weighted by molar-refractivity contribution is -0.124. The third kappa shape index (κ3) is 2.77. The first-order chi connectivity index (χ1) is 5.44. The molecule has 0 atom stereocenters. The number of ketones is 2. The monoisotopic (exact) mass is 168 g/mol. The maximum Gasteiger partial charge on any atom is 0.189 e. The van der Waals surface area contributed by atoms with Crippen LogP contribution in [0.1, 0.15) is 6.42 Å². The first-order valence-corrected chi connectivity index (χ1v) is 3.34. The number of nitrogens with two attached hydrogens (primary N) is 2. The Balaban J connectivity index is 4.41. The van der Waals surface area contributed by atoms with Crippen molar-refractivity contribution in [1.82, 2.24) is 0 Å². The van der Waals surface area contributed by atoms with Crippen LogP contribution in [0.4, 0.5) is 0 Å². The zero-order valence-electron chi connectivity index (χ0n) is 6.75. The van der Waals surface area contributed by atoms with Crippen molar-refractivity contribution in [3.63, 3.8) is 0 Å². The SMILES string of the molecule is C=CC(=O)CC(N)(N)C(=O)C=C. The predicted octanol–water partition coefficient (Wildman–Crippen LogP) is -0.500. The van der Waals surface area contributed by atoms with Crippen LogP contribution in [0.25, 0.3) is 0 Å². The molecule has 4 heteroatoms. The Labute approximate surface area is 70.9 Å². The zero-order valence-corrected chi connectivity index (χ0v) is 6.75. The van der Waals surface area contributed by atoms with Crippen LogP contribution in [-0.4, -0.2) is 17.2 Å². The largest absolute Gasteiger partial charge is 0.307 e. The summed E-state index contributed by atoms with van der Waals surface area (Å²) < 4.78 is 0. The molecule has 0 aliphatic heterocycles. The van der Waals surface area contributed by atoms with Gasteiger partial charge in [0.2, 0.25) is 0 Å². The fourth-order valence-corrected chi connectivity index (χ4v) is 0.638. The lowest BCUT2D eigenvalue weighted by Crippen LogP contribution is -2.56. The fourth-order valence-electron chi connectivity index (χ4n) is 0.638. The van der Waals surface area contributed by atoms with Gasteiger partial charge in [-0.2, -0.15) is 0 Å². The van der Waals surface area contributed by atoms with Crippen molar-refractivity contribution in [3.05, 3.63) is 25.3 Å². The third-order valence-corrected chi connectivity index (χ3v) is 1.34. The van der Waals surface area contributed by atoms with Crippen molar-refractivity contribution >= 4 is 11.6 Å². The molecule has 0 aromatic carbocycles. The average Bonchev–Trinajstić information content (AvgIpc) is 2.02. The quantitative estimate of drug-likeness (QED) is 0.428. The van der Waals surface area contributed by atoms with E-state index >= 15 is 0 Å². The lowest BCUT2D eigenvalue weighted by atomic mass is 10.00. The summed E-state index contributed by atoms with van der Waals surface area (Å²) in [6.45, 7) is 6.45. The first-order valence-electron chi connectivity index (χ1n) is 3.34. The summed E-state index contributed by atoms with van der Waals surface area (Å²) in [7, 11) is 0. The van der Waals surface area contributed by atoms with E-state index in [4.69, 9.17) is 11.5 Å². The number of allylic oxidation sites excluding steroid dienone is 1. The van der Waals surface area contributed by atoms with Gasteiger partial charge in [-0.15, -0.1) is 0 Å². The third-order valence-electron chi connectivity index (χ3n) is 1.34. The number of hydrogen-bond acceptors (Lipinski definition) is 4. The molecule has 0 aromatic rings. The molecule has 0 aliphatic rings. The minimum atomic E-state index is -1.65. The minimum absolute atomic E-state index is 0.249. The predicted molar refractivity (Wildman–Crippen MR) is 46.1 cm³/mol. The standard InChI is InChI=1S/C8H12N2O2/c1-3-6(11)5-8(9,10)7(12)4-2/h3-4H,1-2,5,9-10H2. The van der Waals surface area contributed by atoms with E-state index in [2.05, 4.69) is 13.2 Å². The Morgan fingerprint density at radius 2 is 1.75 bits per heavy atom. The zero-order chi connectivity index (χ0) is 9.78. The summed E-state index contributed by atoms with van der Waals surface area (Å²) >= 11 is 0. The second kappa shape index (κ2) is 3.94. The van der Waals surface area contributed by atoms with Gasteiger partial charge in [0.05, 0.1) is 0 Å². The van der Waals surface area contributed by atoms with E-state index in [1.807, 2.05) is 0 Å². The molecule has 4 N–H and O–H groups in total. The molecule has 0 spiro atoms. The van der Waals surface area contributed by atoms with Gasteiger partial charge in [-0.1, -0.05) is 13.2 Å². The smallest absolute Gasteiger partial charge is 0.189 e. The van der Waals surface area contributed by atoms with Gasteiger partial charge < -0.3 is 11.5 Å². The highest BCUT2D eigenvalue weighted by Crippen LogP contribution is 2.02. The highest BCUT2D eigenvalue weighted by atomic mass is 16.1. The Morgan fingerprint density at radius 1 is 1.25 bits per heavy atom. The molecule has 0 rings (SSSR count). The van der Waals surface area contributed by atoms with Gasteiger partial charge in [0.1, 0.15) is 5.66 Å². The summed E-state index contributed by atoms with van der Waals surface area (Å²) in [4.78, 5) is 21.7. The molecule has 0 fully saturated rings. The maximum absolute atomic E-state index is 10.9. The number of hydrogen-bond donors (Lipinski definition) is 2. The molecule has 0 bridgehead atoms. The highest BCUT2D eigenvalue weighted by Gasteiger charge is 2.28. The second-order valence-corrected chi connectivity index (χ2v) is 2.46. The minimum Gasteiger partial charge on any atom is -0.307 e. The van der Waals surface area contributed by atoms with Gasteiger partial charge in [-0.25, -0.2) is 0 Å². The molecule has 0 saturated heterocycles. The molecule has 0 amide bonds. The maximum atomic E-state index is 10.9. The van der Waals surface area contributed by atoms with Crippen molar-refractivity contribution in [1.29, 1.82) is 0 Å². The molecule has 0 radical (unpaired) electrons. The molecule has 0 unspecified atom stereocenters. The summed E-state index contributed by atoms with van der Waals surface area (Å²) in [6, 6.07) is 0. The molecule has 0 aliphatic carbocycles. The van der Waals surface area contributed by atoms with Crippen LogP contribution in [0.2, 0.25) is 0 Å². The number of rotatable bonds is 5. The Bertz CT molecular complexity index is 231. The van der Waals surface area contributed by atoms with E-state index in [0.29, 0.717) is 0 Å². The van der Waals surface area contributed by atoms with Crippen LogP contribution in [0, 0.1) is 0 Å². The van der Waals surface area contributed by atoms with Gasteiger partial charge >= 0.3 is 0 Å². The second-order valence-electron chi connectivity index (χ2n) is 2.46. The lowest BCUT2D eigenvalue weighted by Gasteiger charge is -2.18. The summed E-state index contributed by atoms with van der Waals surface area (Å²) in [5, 5.41) is 0. The van der Waals surface area contributed by atoms with E-state index in [-0.39, 0.29) is 12.2 Å². The summed E-state index contributed by atoms with van der Waals surface area (Å²) in [6.07, 6.45) is 1.82. The topological polar surface area (TPSA) is 86.2 Å². The van der Waals surface area contributed by atoms with Crippen molar-refractivity contribution < 1.29 is 9.59 Å². The summed E-state index contributed by atoms with van der Waals surface area (Å²) in [5.41, 5.74) is 9.03. The number of carbonyl (C=O) groups excluding carboxylic acids is 2. The first kappa shape index (κ1) is 10.7. The van der Waals surface area contributed by atoms with Crippen molar-refractivity contribution in [2.24, 2.45) is 11.5 Å². The highest BCUT2D eigenvalue weighted by molar-refractivity contribution is 6.02. The van der Waals surface area contributed by atoms with Crippen LogP contribution in [0.15, 0.2) is 25.3 Å². The molecule has 66 valence electrons. The Hall–Kier alpha value is -1.26. The van der Waals surface area contributed by atoms with E-state index in [0.717, 1.165) is 12.2 Å². The van der Waals surface area contributed by atoms with Gasteiger partial charge in [-0.3, -0.25) is 9.59 Å². The Morgan fingerprint density at radius 3 is 2.08 bits per heavy atom. The summed E-state index contributed by atoms with van der Waals surface area (Å²) in [5.74, 6) is -0.923. The van der Waals surface area contributed by atoms with Gasteiger partial charge in [0.15, 0.2) is 11.6 Å². The van der Waals surface area contributed by atoms with E-state index in [1.165, 1.54) is 0 Å². The van der Waals surface area contributed by atoms with E-state index < -0.39 is 11.4 Å². The molecule has 0 saturated carbocycles. The van der Waals surface area contributed by atoms with Gasteiger partial charge in [-0.05, 0) is 12.2 Å². The molecular weight excluding hydrogens is 156 g/mol. The molecule has 12 heavy (non-hydrogen) atoms. The van der Waals surface area contributed by atoms with E-state index in [1.54, 1.807) is 0 Å². The molecular formula is C8H12N2O2. The van der Waals surface area contributed by atoms with Crippen LogP contribution in [0.3, 0.4) is 0 Å². The van der Waals surface area contributed by atoms with Crippen LogP contribution < -0.4 is 11.5 Å². The normalized spacial score (nSPS) is 10.5. The van der Waals surface area contributed by atoms with E-state index in [9.17, 15) is 9.59 Å². The van der Waals surface area contributed by atoms with Crippen LogP contribution in [0.5, 0.6) is 0 Å². The number of carbonyl (C=O) groups is 2. The fraction of sp³-hybridized carbons (Fsp3) is 0.250. The van der Waals surface area contributed by atoms with Crippen LogP contribution in [-0.2, 0) is 9.59 Å². The van der Waals surface area contributed by atoms with Gasteiger partial charge in [0.25, 0.3) is 0 Å². The van der Waals surface area contributed by atoms with Crippen molar-refractivity contribution in [3.8, 4) is 0 Å². The van der Waals surface area contributed by atoms with Crippen LogP contribution >= 0.6 is 0 Å². The average molecular weight is 168 g/mol. The molecule has 4 nitrogen and oxygen atoms in total. The van der Waals surface area contributed by atoms with Crippen molar-refractivity contribution in [2.75, 3.05) is 0 Å². The molecule has 0 heterocycles. The Kier molecular flexibility index (Phi) is 3.53. The van der Waals surface area contributed by atoms with Crippen molar-refractivity contribution in [2.45, 2.75) is 12.1 Å². The molecule has 0 aromatic heterocycles. The van der Waals surface area contributed by atoms with Gasteiger partial charge in [0, 0.05) is 6.42 Å².